The number of nitrogens with zero attached hydrogens (tertiary/aromatic N) is 2. The number of carbonyl (C=O) groups is 2. The van der Waals surface area contributed by atoms with E-state index >= 15 is 0 Å². The maximum absolute atomic E-state index is 12.6. The van der Waals surface area contributed by atoms with Crippen LogP contribution in [-0.4, -0.2) is 60.9 Å². The minimum absolute atomic E-state index is 0.0781. The standard InChI is InChI=1S/C14H18N2O4S/c1-19-12(17)8-10-9-16(6-7-20-10)14(18)11-4-3-5-15-13(11)21-2/h3-5,10H,6-9H2,1-2H3. The summed E-state index contributed by atoms with van der Waals surface area (Å²) in [6, 6.07) is 3.52. The maximum Gasteiger partial charge on any atom is 0.308 e. The van der Waals surface area contributed by atoms with Crippen LogP contribution in [0.15, 0.2) is 23.4 Å². The van der Waals surface area contributed by atoms with Crippen LogP contribution >= 0.6 is 11.8 Å². The molecule has 1 aliphatic heterocycles. The third-order valence-corrected chi connectivity index (χ3v) is 3.95. The van der Waals surface area contributed by atoms with Gasteiger partial charge in [0.25, 0.3) is 5.91 Å². The second-order valence-corrected chi connectivity index (χ2v) is 5.38. The second kappa shape index (κ2) is 7.42. The number of morpholine rings is 1. The van der Waals surface area contributed by atoms with Crippen LogP contribution in [0.5, 0.6) is 0 Å². The van der Waals surface area contributed by atoms with Crippen molar-refractivity contribution in [2.45, 2.75) is 17.6 Å². The van der Waals surface area contributed by atoms with Crippen molar-refractivity contribution in [2.75, 3.05) is 33.1 Å². The fourth-order valence-corrected chi connectivity index (χ4v) is 2.72. The summed E-state index contributed by atoms with van der Waals surface area (Å²) >= 11 is 1.44. The fourth-order valence-electron chi connectivity index (χ4n) is 2.18. The topological polar surface area (TPSA) is 68.7 Å². The van der Waals surface area contributed by atoms with Gasteiger partial charge in [-0.05, 0) is 18.4 Å². The third-order valence-electron chi connectivity index (χ3n) is 3.24. The van der Waals surface area contributed by atoms with E-state index in [4.69, 9.17) is 4.74 Å². The van der Waals surface area contributed by atoms with Gasteiger partial charge in [-0.3, -0.25) is 9.59 Å². The predicted octanol–water partition coefficient (Wildman–Crippen LogP) is 1.21. The number of amides is 1. The Morgan fingerprint density at radius 1 is 1.57 bits per heavy atom. The number of thioether (sulfide) groups is 1. The monoisotopic (exact) mass is 310 g/mol. The van der Waals surface area contributed by atoms with Crippen LogP contribution < -0.4 is 0 Å². The van der Waals surface area contributed by atoms with E-state index in [1.165, 1.54) is 18.9 Å². The summed E-state index contributed by atoms with van der Waals surface area (Å²) in [4.78, 5) is 29.8. The minimum Gasteiger partial charge on any atom is -0.469 e. The first-order valence-corrected chi connectivity index (χ1v) is 7.85. The molecular formula is C14H18N2O4S. The normalized spacial score (nSPS) is 18.4. The van der Waals surface area contributed by atoms with Crippen LogP contribution in [0.1, 0.15) is 16.8 Å². The highest BCUT2D eigenvalue weighted by Crippen LogP contribution is 2.20. The molecule has 0 N–H and O–H groups in total. The van der Waals surface area contributed by atoms with E-state index in [-0.39, 0.29) is 24.4 Å². The van der Waals surface area contributed by atoms with Crippen molar-refractivity contribution in [3.63, 3.8) is 0 Å². The summed E-state index contributed by atoms with van der Waals surface area (Å²) in [5, 5.41) is 0.707. The van der Waals surface area contributed by atoms with Gasteiger partial charge in [-0.2, -0.15) is 0 Å². The number of esters is 1. The van der Waals surface area contributed by atoms with Gasteiger partial charge in [0.1, 0.15) is 5.03 Å². The molecule has 0 bridgehead atoms. The molecule has 114 valence electrons. The van der Waals surface area contributed by atoms with E-state index in [1.54, 1.807) is 23.2 Å². The van der Waals surface area contributed by atoms with Gasteiger partial charge in [0.15, 0.2) is 0 Å². The molecule has 1 unspecified atom stereocenters. The molecule has 2 heterocycles. The fraction of sp³-hybridized carbons (Fsp3) is 0.500. The van der Waals surface area contributed by atoms with Crippen molar-refractivity contribution in [3.05, 3.63) is 23.9 Å². The summed E-state index contributed by atoms with van der Waals surface area (Å²) < 4.78 is 10.1. The molecule has 1 atom stereocenters. The van der Waals surface area contributed by atoms with E-state index in [9.17, 15) is 9.59 Å². The lowest BCUT2D eigenvalue weighted by molar-refractivity contribution is -0.145. The highest BCUT2D eigenvalue weighted by molar-refractivity contribution is 7.98. The maximum atomic E-state index is 12.6. The smallest absolute Gasteiger partial charge is 0.308 e. The van der Waals surface area contributed by atoms with E-state index in [1.807, 2.05) is 6.26 Å². The average molecular weight is 310 g/mol. The Morgan fingerprint density at radius 3 is 3.10 bits per heavy atom. The van der Waals surface area contributed by atoms with Crippen LogP contribution in [-0.2, 0) is 14.3 Å². The molecule has 0 spiro atoms. The summed E-state index contributed by atoms with van der Waals surface area (Å²) in [6.45, 7) is 1.32. The number of aromatic nitrogens is 1. The van der Waals surface area contributed by atoms with Crippen LogP contribution in [0.25, 0.3) is 0 Å². The van der Waals surface area contributed by atoms with Crippen molar-refractivity contribution in [3.8, 4) is 0 Å². The molecule has 21 heavy (non-hydrogen) atoms. The van der Waals surface area contributed by atoms with Crippen LogP contribution in [0.2, 0.25) is 0 Å². The van der Waals surface area contributed by atoms with Crippen LogP contribution in [0.3, 0.4) is 0 Å². The second-order valence-electron chi connectivity index (χ2n) is 4.58. The zero-order valence-electron chi connectivity index (χ0n) is 12.1. The number of methoxy groups -OCH3 is 1. The lowest BCUT2D eigenvalue weighted by Crippen LogP contribution is -2.46. The van der Waals surface area contributed by atoms with E-state index in [2.05, 4.69) is 9.72 Å². The van der Waals surface area contributed by atoms with Gasteiger partial charge < -0.3 is 14.4 Å². The zero-order chi connectivity index (χ0) is 15.2. The van der Waals surface area contributed by atoms with Crippen LogP contribution in [0, 0.1) is 0 Å². The Kier molecular flexibility index (Phi) is 5.58. The highest BCUT2D eigenvalue weighted by Gasteiger charge is 2.28. The zero-order valence-corrected chi connectivity index (χ0v) is 12.9. The van der Waals surface area contributed by atoms with Crippen molar-refractivity contribution < 1.29 is 19.1 Å². The van der Waals surface area contributed by atoms with Crippen LogP contribution in [0.4, 0.5) is 0 Å². The summed E-state index contributed by atoms with van der Waals surface area (Å²) in [7, 11) is 1.34. The van der Waals surface area contributed by atoms with Crippen molar-refractivity contribution in [2.24, 2.45) is 0 Å². The Labute approximate surface area is 127 Å². The highest BCUT2D eigenvalue weighted by atomic mass is 32.2. The van der Waals surface area contributed by atoms with Crippen molar-refractivity contribution >= 4 is 23.6 Å². The third kappa shape index (κ3) is 3.95. The van der Waals surface area contributed by atoms with E-state index in [0.717, 1.165) is 0 Å². The predicted molar refractivity (Wildman–Crippen MR) is 78.3 cm³/mol. The molecular weight excluding hydrogens is 292 g/mol. The van der Waals surface area contributed by atoms with Gasteiger partial charge in [-0.1, -0.05) is 0 Å². The molecule has 6 nitrogen and oxygen atoms in total. The van der Waals surface area contributed by atoms with Gasteiger partial charge in [-0.25, -0.2) is 4.98 Å². The first kappa shape index (κ1) is 15.8. The Balaban J connectivity index is 2.06. The molecule has 1 aliphatic rings. The minimum atomic E-state index is -0.333. The molecule has 1 saturated heterocycles. The Bertz CT molecular complexity index is 523. The molecule has 0 radical (unpaired) electrons. The molecule has 1 fully saturated rings. The largest absolute Gasteiger partial charge is 0.469 e. The SMILES string of the molecule is COC(=O)CC1CN(C(=O)c2cccnc2SC)CCO1. The van der Waals surface area contributed by atoms with Gasteiger partial charge >= 0.3 is 5.97 Å². The van der Waals surface area contributed by atoms with Crippen molar-refractivity contribution in [1.29, 1.82) is 0 Å². The molecule has 1 aromatic heterocycles. The number of pyridine rings is 1. The number of hydrogen-bond acceptors (Lipinski definition) is 6. The van der Waals surface area contributed by atoms with Gasteiger partial charge in [-0.15, -0.1) is 11.8 Å². The molecule has 7 heteroatoms. The number of ether oxygens (including phenoxy) is 2. The molecule has 2 rings (SSSR count). The Morgan fingerprint density at radius 2 is 2.38 bits per heavy atom. The molecule has 1 aromatic rings. The summed E-state index contributed by atoms with van der Waals surface area (Å²) in [5.41, 5.74) is 0.587. The Hall–Kier alpha value is -1.60. The van der Waals surface area contributed by atoms with E-state index < -0.39 is 0 Å². The number of carbonyl (C=O) groups excluding carboxylic acids is 2. The van der Waals surface area contributed by atoms with E-state index in [0.29, 0.717) is 30.3 Å². The lowest BCUT2D eigenvalue weighted by Gasteiger charge is -2.32. The van der Waals surface area contributed by atoms with Gasteiger partial charge in [0.05, 0.1) is 31.8 Å². The lowest BCUT2D eigenvalue weighted by atomic mass is 10.1. The van der Waals surface area contributed by atoms with Gasteiger partial charge in [0, 0.05) is 19.3 Å². The first-order valence-electron chi connectivity index (χ1n) is 6.62. The average Bonchev–Trinajstić information content (AvgIpc) is 2.54. The molecule has 0 aromatic carbocycles. The molecule has 1 amide bonds. The summed E-state index contributed by atoms with van der Waals surface area (Å²) in [6.07, 6.45) is 3.40. The summed E-state index contributed by atoms with van der Waals surface area (Å²) in [5.74, 6) is -0.411. The number of hydrogen-bond donors (Lipinski definition) is 0. The number of rotatable bonds is 4. The molecule has 0 aliphatic carbocycles. The first-order chi connectivity index (χ1) is 10.2. The quantitative estimate of drug-likeness (QED) is 0.615. The van der Waals surface area contributed by atoms with Gasteiger partial charge in [0.2, 0.25) is 0 Å². The van der Waals surface area contributed by atoms with Crippen molar-refractivity contribution in [1.82, 2.24) is 9.88 Å². The molecule has 0 saturated carbocycles.